The number of anilines is 1. The van der Waals surface area contributed by atoms with Crippen molar-refractivity contribution in [3.05, 3.63) is 102 Å². The lowest BCUT2D eigenvalue weighted by atomic mass is 10.1. The summed E-state index contributed by atoms with van der Waals surface area (Å²) in [5.41, 5.74) is 2.00. The van der Waals surface area contributed by atoms with Crippen LogP contribution < -0.4 is 10.2 Å². The smallest absolute Gasteiger partial charge is 0.329 e. The van der Waals surface area contributed by atoms with Crippen LogP contribution in [0.2, 0.25) is 0 Å². The number of benzene rings is 3. The summed E-state index contributed by atoms with van der Waals surface area (Å²) in [5.74, 6) is -1.42. The molecule has 0 aliphatic carbocycles. The summed E-state index contributed by atoms with van der Waals surface area (Å²) in [6.07, 6.45) is 0.251. The highest BCUT2D eigenvalue weighted by atomic mass is 16.5. The second-order valence-corrected chi connectivity index (χ2v) is 6.98. The fraction of sp³-hybridized carbons (Fsp3) is 0.160. The molecule has 0 saturated carbocycles. The van der Waals surface area contributed by atoms with E-state index in [1.54, 1.807) is 49.5 Å². The molecule has 0 spiro atoms. The maximum Gasteiger partial charge on any atom is 0.329 e. The van der Waals surface area contributed by atoms with Gasteiger partial charge in [-0.05, 0) is 29.8 Å². The van der Waals surface area contributed by atoms with Gasteiger partial charge in [-0.1, -0.05) is 66.7 Å². The minimum absolute atomic E-state index is 0.251. The van der Waals surface area contributed by atoms with Gasteiger partial charge >= 0.3 is 5.97 Å². The summed E-state index contributed by atoms with van der Waals surface area (Å²) in [4.78, 5) is 39.2. The molecule has 6 heteroatoms. The van der Waals surface area contributed by atoms with Gasteiger partial charge in [-0.25, -0.2) is 4.79 Å². The van der Waals surface area contributed by atoms with Crippen LogP contribution >= 0.6 is 0 Å². The average molecular weight is 416 g/mol. The zero-order valence-electron chi connectivity index (χ0n) is 17.2. The van der Waals surface area contributed by atoms with E-state index in [9.17, 15) is 14.4 Å². The fourth-order valence-electron chi connectivity index (χ4n) is 3.00. The fourth-order valence-corrected chi connectivity index (χ4v) is 3.00. The number of carbonyl (C=O) groups is 3. The lowest BCUT2D eigenvalue weighted by Crippen LogP contribution is -2.44. The molecule has 0 aliphatic rings. The van der Waals surface area contributed by atoms with Gasteiger partial charge in [-0.2, -0.15) is 0 Å². The lowest BCUT2D eigenvalue weighted by Gasteiger charge is -2.20. The van der Waals surface area contributed by atoms with Gasteiger partial charge in [0.05, 0.1) is 0 Å². The number of hydrogen-bond acceptors (Lipinski definition) is 4. The molecule has 3 rings (SSSR count). The number of para-hydroxylation sites is 1. The minimum Gasteiger partial charge on any atom is -0.454 e. The molecule has 0 unspecified atom stereocenters. The summed E-state index contributed by atoms with van der Waals surface area (Å²) in [6.45, 7) is -0.420. The van der Waals surface area contributed by atoms with Crippen molar-refractivity contribution in [2.45, 2.75) is 12.5 Å². The summed E-state index contributed by atoms with van der Waals surface area (Å²) in [5, 5.41) is 2.73. The Labute approximate surface area is 181 Å². The van der Waals surface area contributed by atoms with Crippen molar-refractivity contribution >= 4 is 23.5 Å². The van der Waals surface area contributed by atoms with Crippen molar-refractivity contribution in [2.75, 3.05) is 18.6 Å². The Balaban J connectivity index is 1.66. The Hall–Kier alpha value is -3.93. The number of rotatable bonds is 8. The van der Waals surface area contributed by atoms with Gasteiger partial charge in [0.15, 0.2) is 6.61 Å². The second-order valence-electron chi connectivity index (χ2n) is 6.98. The van der Waals surface area contributed by atoms with E-state index in [2.05, 4.69) is 5.32 Å². The number of likely N-dealkylation sites (N-methyl/N-ethyl adjacent to an activating group) is 1. The van der Waals surface area contributed by atoms with Crippen molar-refractivity contribution in [2.24, 2.45) is 0 Å². The predicted octanol–water partition coefficient (Wildman–Crippen LogP) is 3.23. The molecule has 2 amide bonds. The van der Waals surface area contributed by atoms with Crippen LogP contribution in [0.3, 0.4) is 0 Å². The Morgan fingerprint density at radius 3 is 2.00 bits per heavy atom. The van der Waals surface area contributed by atoms with E-state index in [1.165, 1.54) is 4.90 Å². The molecular formula is C25H24N2O4. The summed E-state index contributed by atoms with van der Waals surface area (Å²) in [7, 11) is 1.62. The van der Waals surface area contributed by atoms with Gasteiger partial charge in [-0.15, -0.1) is 0 Å². The van der Waals surface area contributed by atoms with Gasteiger partial charge in [-0.3, -0.25) is 9.59 Å². The van der Waals surface area contributed by atoms with Gasteiger partial charge in [0.2, 0.25) is 0 Å². The first kappa shape index (κ1) is 21.8. The predicted molar refractivity (Wildman–Crippen MR) is 119 cm³/mol. The molecule has 0 aromatic heterocycles. The summed E-state index contributed by atoms with van der Waals surface area (Å²) in [6, 6.07) is 26.1. The normalized spacial score (nSPS) is 11.3. The number of ether oxygens (including phenoxy) is 1. The number of hydrogen-bond donors (Lipinski definition) is 1. The van der Waals surface area contributed by atoms with E-state index in [4.69, 9.17) is 4.74 Å². The monoisotopic (exact) mass is 416 g/mol. The van der Waals surface area contributed by atoms with E-state index in [-0.39, 0.29) is 18.2 Å². The highest BCUT2D eigenvalue weighted by Crippen LogP contribution is 2.12. The Kier molecular flexibility index (Phi) is 7.54. The molecule has 0 aliphatic heterocycles. The molecule has 0 saturated heterocycles. The van der Waals surface area contributed by atoms with Crippen molar-refractivity contribution in [3.63, 3.8) is 0 Å². The molecule has 3 aromatic rings. The van der Waals surface area contributed by atoms with E-state index < -0.39 is 18.6 Å². The van der Waals surface area contributed by atoms with Crippen LogP contribution in [0.15, 0.2) is 91.0 Å². The van der Waals surface area contributed by atoms with Gasteiger partial charge in [0, 0.05) is 24.7 Å². The molecule has 31 heavy (non-hydrogen) atoms. The van der Waals surface area contributed by atoms with Crippen LogP contribution in [0.4, 0.5) is 5.69 Å². The third-order valence-corrected chi connectivity index (χ3v) is 4.76. The molecule has 6 nitrogen and oxygen atoms in total. The molecule has 3 aromatic carbocycles. The van der Waals surface area contributed by atoms with E-state index in [0.29, 0.717) is 11.3 Å². The zero-order chi connectivity index (χ0) is 22.1. The number of esters is 1. The van der Waals surface area contributed by atoms with Crippen LogP contribution in [-0.2, 0) is 20.7 Å². The van der Waals surface area contributed by atoms with Crippen molar-refractivity contribution in [1.29, 1.82) is 0 Å². The third-order valence-electron chi connectivity index (χ3n) is 4.76. The average Bonchev–Trinajstić information content (AvgIpc) is 2.83. The first-order chi connectivity index (χ1) is 15.0. The highest BCUT2D eigenvalue weighted by molar-refractivity contribution is 5.98. The van der Waals surface area contributed by atoms with Gasteiger partial charge in [0.1, 0.15) is 6.04 Å². The standard InChI is InChI=1S/C25H24N2O4/c1-27(21-15-9-4-10-16-21)23(28)18-31-25(30)22(17-19-11-5-2-6-12-19)26-24(29)20-13-7-3-8-14-20/h2-16,22H,17-18H2,1H3,(H,26,29)/t22-/m1/s1. The Morgan fingerprint density at radius 1 is 0.839 bits per heavy atom. The number of carbonyl (C=O) groups excluding carboxylic acids is 3. The van der Waals surface area contributed by atoms with Gasteiger partial charge in [0.25, 0.3) is 11.8 Å². The number of nitrogens with one attached hydrogen (secondary N) is 1. The third kappa shape index (κ3) is 6.27. The van der Waals surface area contributed by atoms with E-state index in [1.807, 2.05) is 48.5 Å². The van der Waals surface area contributed by atoms with Gasteiger partial charge < -0.3 is 15.0 Å². The molecule has 0 radical (unpaired) electrons. The summed E-state index contributed by atoms with van der Waals surface area (Å²) >= 11 is 0. The Morgan fingerprint density at radius 2 is 1.39 bits per heavy atom. The number of amides is 2. The van der Waals surface area contributed by atoms with E-state index >= 15 is 0 Å². The molecule has 0 heterocycles. The minimum atomic E-state index is -0.926. The largest absolute Gasteiger partial charge is 0.454 e. The molecule has 0 bridgehead atoms. The molecule has 158 valence electrons. The number of nitrogens with zero attached hydrogens (tertiary/aromatic N) is 1. The molecular weight excluding hydrogens is 392 g/mol. The highest BCUT2D eigenvalue weighted by Gasteiger charge is 2.25. The maximum absolute atomic E-state index is 12.8. The second kappa shape index (κ2) is 10.7. The molecule has 1 atom stereocenters. The summed E-state index contributed by atoms with van der Waals surface area (Å²) < 4.78 is 5.27. The van der Waals surface area contributed by atoms with E-state index in [0.717, 1.165) is 5.56 Å². The van der Waals surface area contributed by atoms with Crippen LogP contribution in [0.5, 0.6) is 0 Å². The van der Waals surface area contributed by atoms with Crippen molar-refractivity contribution in [3.8, 4) is 0 Å². The van der Waals surface area contributed by atoms with Crippen molar-refractivity contribution in [1.82, 2.24) is 5.32 Å². The van der Waals surface area contributed by atoms with Crippen LogP contribution in [0.1, 0.15) is 15.9 Å². The quantitative estimate of drug-likeness (QED) is 0.572. The van der Waals surface area contributed by atoms with Crippen LogP contribution in [0.25, 0.3) is 0 Å². The van der Waals surface area contributed by atoms with Crippen LogP contribution in [0, 0.1) is 0 Å². The Bertz CT molecular complexity index is 1010. The zero-order valence-corrected chi connectivity index (χ0v) is 17.2. The first-order valence-electron chi connectivity index (χ1n) is 9.92. The maximum atomic E-state index is 12.8. The van der Waals surface area contributed by atoms with Crippen molar-refractivity contribution < 1.29 is 19.1 Å². The SMILES string of the molecule is CN(C(=O)COC(=O)[C@@H](Cc1ccccc1)NC(=O)c1ccccc1)c1ccccc1. The molecule has 0 fully saturated rings. The lowest BCUT2D eigenvalue weighted by molar-refractivity contribution is -0.149. The van der Waals surface area contributed by atoms with Crippen LogP contribution in [-0.4, -0.2) is 37.5 Å². The molecule has 1 N–H and O–H groups in total. The first-order valence-corrected chi connectivity index (χ1v) is 9.92. The topological polar surface area (TPSA) is 75.7 Å².